The van der Waals surface area contributed by atoms with Crippen LogP contribution in [0.1, 0.15) is 50.8 Å². The summed E-state index contributed by atoms with van der Waals surface area (Å²) in [5.74, 6) is 0.990. The SMILES string of the molecule is C=CCNC(=O)[C@H](Nc1ccc2c(cc1=O)[C@H](NC(C)=O)CCc1cc(OC)c(OC)c(OC)c1-2)[C@H](C)CC. The summed E-state index contributed by atoms with van der Waals surface area (Å²) in [4.78, 5) is 38.7. The van der Waals surface area contributed by atoms with E-state index in [1.165, 1.54) is 6.92 Å². The third-order valence-corrected chi connectivity index (χ3v) is 7.14. The molecule has 1 aliphatic rings. The number of methoxy groups -OCH3 is 3. The van der Waals surface area contributed by atoms with Gasteiger partial charge in [0, 0.05) is 19.0 Å². The van der Waals surface area contributed by atoms with E-state index >= 15 is 0 Å². The minimum absolute atomic E-state index is 0.0396. The molecule has 0 unspecified atom stereocenters. The van der Waals surface area contributed by atoms with E-state index in [2.05, 4.69) is 22.5 Å². The van der Waals surface area contributed by atoms with Gasteiger partial charge < -0.3 is 30.2 Å². The van der Waals surface area contributed by atoms with Gasteiger partial charge >= 0.3 is 0 Å². The number of benzene rings is 1. The molecule has 39 heavy (non-hydrogen) atoms. The van der Waals surface area contributed by atoms with Gasteiger partial charge in [-0.25, -0.2) is 0 Å². The minimum atomic E-state index is -0.623. The van der Waals surface area contributed by atoms with Crippen molar-refractivity contribution in [2.24, 2.45) is 5.92 Å². The first-order valence-electron chi connectivity index (χ1n) is 13.1. The summed E-state index contributed by atoms with van der Waals surface area (Å²) in [7, 11) is 4.66. The highest BCUT2D eigenvalue weighted by molar-refractivity contribution is 5.86. The van der Waals surface area contributed by atoms with Gasteiger partial charge in [-0.3, -0.25) is 14.4 Å². The van der Waals surface area contributed by atoms with E-state index in [1.54, 1.807) is 39.5 Å². The van der Waals surface area contributed by atoms with Gasteiger partial charge in [0.1, 0.15) is 6.04 Å². The van der Waals surface area contributed by atoms with Crippen LogP contribution in [0.5, 0.6) is 17.2 Å². The average Bonchev–Trinajstić information content (AvgIpc) is 3.17. The van der Waals surface area contributed by atoms with Crippen LogP contribution in [-0.4, -0.2) is 45.7 Å². The second-order valence-electron chi connectivity index (χ2n) is 9.64. The molecule has 0 fully saturated rings. The Labute approximate surface area is 229 Å². The molecule has 1 aliphatic carbocycles. The maximum absolute atomic E-state index is 13.6. The second kappa shape index (κ2) is 13.2. The van der Waals surface area contributed by atoms with Crippen LogP contribution in [0.3, 0.4) is 0 Å². The number of carbonyl (C=O) groups is 2. The average molecular weight is 538 g/mol. The first-order valence-corrected chi connectivity index (χ1v) is 13.1. The Hall–Kier alpha value is -4.01. The number of carbonyl (C=O) groups excluding carboxylic acids is 2. The van der Waals surface area contributed by atoms with Gasteiger partial charge in [-0.05, 0) is 53.6 Å². The Morgan fingerprint density at radius 3 is 2.44 bits per heavy atom. The summed E-state index contributed by atoms with van der Waals surface area (Å²) < 4.78 is 17.0. The molecule has 0 saturated carbocycles. The maximum atomic E-state index is 13.6. The maximum Gasteiger partial charge on any atom is 0.243 e. The van der Waals surface area contributed by atoms with Gasteiger partial charge in [-0.1, -0.05) is 32.4 Å². The smallest absolute Gasteiger partial charge is 0.243 e. The number of hydrogen-bond acceptors (Lipinski definition) is 7. The topological polar surface area (TPSA) is 115 Å². The van der Waals surface area contributed by atoms with Gasteiger partial charge in [0.15, 0.2) is 11.5 Å². The second-order valence-corrected chi connectivity index (χ2v) is 9.64. The first kappa shape index (κ1) is 29.5. The monoisotopic (exact) mass is 537 g/mol. The standard InChI is InChI=1S/C30H39N3O6/c1-8-14-31-30(36)27(17(3)9-2)33-23-13-11-20-21(16-24(23)35)22(32-18(4)34)12-10-19-15-25(37-5)28(38-6)29(39-7)26(19)20/h8,11,13,15-17,22,27H,1,9-10,12,14H2,2-7H3,(H,31,36)(H,32,34)(H,33,35)/t17-,22-,27-/m1/s1. The summed E-state index contributed by atoms with van der Waals surface area (Å²) in [6.45, 7) is 9.39. The molecule has 2 aromatic carbocycles. The normalized spacial score (nSPS) is 15.4. The van der Waals surface area contributed by atoms with Crippen LogP contribution in [-0.2, 0) is 16.0 Å². The van der Waals surface area contributed by atoms with Crippen molar-refractivity contribution in [3.63, 3.8) is 0 Å². The van der Waals surface area contributed by atoms with E-state index in [0.717, 1.165) is 23.1 Å². The van der Waals surface area contributed by atoms with Crippen LogP contribution in [0.2, 0.25) is 0 Å². The van der Waals surface area contributed by atoms with Crippen LogP contribution in [0, 0.1) is 5.92 Å². The molecule has 2 amide bonds. The van der Waals surface area contributed by atoms with Crippen LogP contribution in [0.15, 0.2) is 41.7 Å². The number of fused-ring (bicyclic) bond motifs is 3. The van der Waals surface area contributed by atoms with E-state index in [4.69, 9.17) is 14.2 Å². The lowest BCUT2D eigenvalue weighted by molar-refractivity contribution is -0.122. The van der Waals surface area contributed by atoms with Crippen LogP contribution in [0.4, 0.5) is 5.69 Å². The third kappa shape index (κ3) is 6.35. The molecule has 0 saturated heterocycles. The number of hydrogen-bond donors (Lipinski definition) is 3. The zero-order chi connectivity index (χ0) is 28.7. The molecule has 9 nitrogen and oxygen atoms in total. The molecule has 0 bridgehead atoms. The predicted molar refractivity (Wildman–Crippen MR) is 153 cm³/mol. The van der Waals surface area contributed by atoms with Gasteiger partial charge in [-0.15, -0.1) is 6.58 Å². The Bertz CT molecular complexity index is 1290. The van der Waals surface area contributed by atoms with E-state index in [0.29, 0.717) is 42.2 Å². The highest BCUT2D eigenvalue weighted by Gasteiger charge is 2.30. The van der Waals surface area contributed by atoms with Crippen molar-refractivity contribution in [1.82, 2.24) is 10.6 Å². The molecule has 9 heteroatoms. The van der Waals surface area contributed by atoms with Crippen molar-refractivity contribution in [3.05, 3.63) is 58.3 Å². The number of aryl methyl sites for hydroxylation is 1. The lowest BCUT2D eigenvalue weighted by Gasteiger charge is -2.23. The van der Waals surface area contributed by atoms with Crippen LogP contribution in [0.25, 0.3) is 11.1 Å². The molecule has 0 aromatic heterocycles. The summed E-state index contributed by atoms with van der Waals surface area (Å²) in [5.41, 5.74) is 3.07. The van der Waals surface area contributed by atoms with Gasteiger partial charge in [0.05, 0.1) is 33.1 Å². The first-order chi connectivity index (χ1) is 18.7. The lowest BCUT2D eigenvalue weighted by atomic mass is 9.95. The van der Waals surface area contributed by atoms with E-state index in [1.807, 2.05) is 26.0 Å². The number of amides is 2. The van der Waals surface area contributed by atoms with E-state index in [-0.39, 0.29) is 28.8 Å². The Morgan fingerprint density at radius 1 is 1.13 bits per heavy atom. The highest BCUT2D eigenvalue weighted by Crippen LogP contribution is 2.50. The van der Waals surface area contributed by atoms with E-state index in [9.17, 15) is 14.4 Å². The fraction of sp³-hybridized carbons (Fsp3) is 0.433. The van der Waals surface area contributed by atoms with Gasteiger partial charge in [0.2, 0.25) is 23.0 Å². The molecule has 210 valence electrons. The summed E-state index contributed by atoms with van der Waals surface area (Å²) in [5, 5.41) is 9.02. The number of anilines is 1. The molecule has 0 aliphatic heterocycles. The van der Waals surface area contributed by atoms with Crippen molar-refractivity contribution in [2.45, 2.75) is 52.1 Å². The molecule has 3 N–H and O–H groups in total. The predicted octanol–water partition coefficient (Wildman–Crippen LogP) is 3.99. The lowest BCUT2D eigenvalue weighted by Crippen LogP contribution is -2.44. The number of nitrogens with one attached hydrogen (secondary N) is 3. The quantitative estimate of drug-likeness (QED) is 0.371. The molecule has 3 rings (SSSR count). The molecular weight excluding hydrogens is 498 g/mol. The van der Waals surface area contributed by atoms with Crippen molar-refractivity contribution in [1.29, 1.82) is 0 Å². The van der Waals surface area contributed by atoms with Crippen molar-refractivity contribution >= 4 is 17.5 Å². The molecule has 0 spiro atoms. The fourth-order valence-electron chi connectivity index (χ4n) is 4.98. The molecular formula is C30H39N3O6. The van der Waals surface area contributed by atoms with Gasteiger partial charge in [0.25, 0.3) is 0 Å². The summed E-state index contributed by atoms with van der Waals surface area (Å²) in [6, 6.07) is 5.93. The third-order valence-electron chi connectivity index (χ3n) is 7.14. The number of ether oxygens (including phenoxy) is 3. The molecule has 3 atom stereocenters. The number of rotatable bonds is 11. The summed E-state index contributed by atoms with van der Waals surface area (Å²) >= 11 is 0. The minimum Gasteiger partial charge on any atom is -0.493 e. The highest BCUT2D eigenvalue weighted by atomic mass is 16.5. The van der Waals surface area contributed by atoms with Gasteiger partial charge in [-0.2, -0.15) is 0 Å². The van der Waals surface area contributed by atoms with E-state index < -0.39 is 12.1 Å². The molecule has 0 radical (unpaired) electrons. The van der Waals surface area contributed by atoms with Crippen LogP contribution < -0.4 is 35.6 Å². The van der Waals surface area contributed by atoms with Crippen molar-refractivity contribution in [2.75, 3.05) is 33.2 Å². The van der Waals surface area contributed by atoms with Crippen molar-refractivity contribution in [3.8, 4) is 28.4 Å². The zero-order valence-corrected chi connectivity index (χ0v) is 23.6. The Morgan fingerprint density at radius 2 is 1.85 bits per heavy atom. The van der Waals surface area contributed by atoms with Crippen LogP contribution >= 0.6 is 0 Å². The largest absolute Gasteiger partial charge is 0.493 e. The fourth-order valence-corrected chi connectivity index (χ4v) is 4.98. The molecule has 2 aromatic rings. The Balaban J connectivity index is 2.27. The Kier molecular flexibility index (Phi) is 9.98. The van der Waals surface area contributed by atoms with Crippen molar-refractivity contribution < 1.29 is 23.8 Å². The summed E-state index contributed by atoms with van der Waals surface area (Å²) in [6.07, 6.45) is 3.51. The zero-order valence-electron chi connectivity index (χ0n) is 23.6. The molecule has 0 heterocycles.